The van der Waals surface area contributed by atoms with Gasteiger partial charge in [0.2, 0.25) is 0 Å². The fourth-order valence-corrected chi connectivity index (χ4v) is 5.55. The molecule has 0 saturated carbocycles. The molecule has 0 aliphatic carbocycles. The second-order valence-electron chi connectivity index (χ2n) is 8.20. The lowest BCUT2D eigenvalue weighted by molar-refractivity contribution is -0.139. The molecule has 0 aliphatic heterocycles. The maximum atomic E-state index is 12.8. The number of phenols is 1. The Morgan fingerprint density at radius 3 is 2.47 bits per heavy atom. The lowest BCUT2D eigenvalue weighted by Crippen LogP contribution is -2.43. The molecule has 5 N–H and O–H groups in total. The molecule has 0 radical (unpaired) electrons. The summed E-state index contributed by atoms with van der Waals surface area (Å²) in [7, 11) is 0. The largest absolute Gasteiger partial charge is 0.507 e. The summed E-state index contributed by atoms with van der Waals surface area (Å²) in [6.07, 6.45) is -0.526. The Morgan fingerprint density at radius 1 is 1.00 bits per heavy atom. The number of carboxylic acid groups (broad SMARTS) is 2. The number of carbonyl (C=O) groups excluding carboxylic acids is 2. The molecule has 1 aromatic heterocycles. The number of Topliss-reactive ketones (excluding diaryl/α,β-unsaturated/α-hetero) is 1. The quantitative estimate of drug-likeness (QED) is 0.190. The Bertz CT molecular complexity index is 1330. The standard InChI is InChI=1S/C26H25ClN2O7S2/c27-19-4-2-1-3-16(19)13-37-14-22(31)20(10-24(32)33)29-25(34)23-8-6-17(38-23)12-28-11-15-5-7-21(30)18(9-15)26(35)36/h1-9,20,28,30H,10-14H2,(H,29,34)(H,32,33)(H,35,36)/t20-/m0/s1. The van der Waals surface area contributed by atoms with Crippen molar-refractivity contribution in [3.05, 3.63) is 86.1 Å². The fraction of sp³-hybridized carbons (Fsp3) is 0.231. The van der Waals surface area contributed by atoms with Crippen molar-refractivity contribution < 1.29 is 34.5 Å². The van der Waals surface area contributed by atoms with Crippen molar-refractivity contribution in [2.24, 2.45) is 0 Å². The van der Waals surface area contributed by atoms with E-state index in [2.05, 4.69) is 10.6 Å². The number of aromatic carboxylic acids is 1. The molecule has 0 aliphatic rings. The number of thioether (sulfide) groups is 1. The number of aliphatic carboxylic acids is 1. The van der Waals surface area contributed by atoms with Crippen LogP contribution in [0.4, 0.5) is 0 Å². The number of hydrogen-bond acceptors (Lipinski definition) is 8. The number of benzene rings is 2. The molecule has 2 aromatic carbocycles. The van der Waals surface area contributed by atoms with Crippen LogP contribution in [0.15, 0.2) is 54.6 Å². The van der Waals surface area contributed by atoms with Crippen LogP contribution in [-0.2, 0) is 28.4 Å². The molecule has 3 aromatic rings. The third-order valence-corrected chi connectivity index (χ3v) is 7.79. The predicted molar refractivity (Wildman–Crippen MR) is 146 cm³/mol. The number of thiophene rings is 1. The Morgan fingerprint density at radius 2 is 1.76 bits per heavy atom. The van der Waals surface area contributed by atoms with Gasteiger partial charge in [0.1, 0.15) is 11.3 Å². The molecule has 38 heavy (non-hydrogen) atoms. The van der Waals surface area contributed by atoms with Crippen LogP contribution >= 0.6 is 34.7 Å². The van der Waals surface area contributed by atoms with Gasteiger partial charge in [-0.3, -0.25) is 14.4 Å². The van der Waals surface area contributed by atoms with Crippen LogP contribution in [-0.4, -0.2) is 50.7 Å². The Hall–Kier alpha value is -3.38. The number of amides is 1. The van der Waals surface area contributed by atoms with Gasteiger partial charge in [-0.05, 0) is 41.5 Å². The van der Waals surface area contributed by atoms with E-state index in [1.54, 1.807) is 30.3 Å². The maximum Gasteiger partial charge on any atom is 0.339 e. The molecule has 200 valence electrons. The lowest BCUT2D eigenvalue weighted by Gasteiger charge is -2.15. The Kier molecular flexibility index (Phi) is 10.7. The summed E-state index contributed by atoms with van der Waals surface area (Å²) < 4.78 is 0. The zero-order valence-corrected chi connectivity index (χ0v) is 22.4. The number of aromatic hydroxyl groups is 1. The molecule has 0 fully saturated rings. The molecular formula is C26H25ClN2O7S2. The summed E-state index contributed by atoms with van der Waals surface area (Å²) in [6.45, 7) is 0.721. The van der Waals surface area contributed by atoms with Gasteiger partial charge in [-0.2, -0.15) is 0 Å². The highest BCUT2D eigenvalue weighted by Gasteiger charge is 2.25. The van der Waals surface area contributed by atoms with E-state index in [4.69, 9.17) is 16.7 Å². The molecule has 0 bridgehead atoms. The Labute approximate surface area is 231 Å². The van der Waals surface area contributed by atoms with Crippen LogP contribution in [0.2, 0.25) is 5.02 Å². The number of carboxylic acids is 2. The Balaban J connectivity index is 1.53. The van der Waals surface area contributed by atoms with Crippen LogP contribution in [0, 0.1) is 0 Å². The van der Waals surface area contributed by atoms with Gasteiger partial charge in [-0.1, -0.05) is 35.9 Å². The molecule has 0 unspecified atom stereocenters. The molecule has 3 rings (SSSR count). The topological polar surface area (TPSA) is 153 Å². The molecule has 1 atom stereocenters. The van der Waals surface area contributed by atoms with Crippen molar-refractivity contribution in [3.63, 3.8) is 0 Å². The first-order valence-corrected chi connectivity index (χ1v) is 13.7. The van der Waals surface area contributed by atoms with Crippen molar-refractivity contribution in [2.45, 2.75) is 31.3 Å². The first kappa shape index (κ1) is 29.2. The van der Waals surface area contributed by atoms with Gasteiger partial charge in [-0.25, -0.2) is 4.79 Å². The SMILES string of the molecule is O=C(O)C[C@H](NC(=O)c1ccc(CNCc2ccc(O)c(C(=O)O)c2)s1)C(=O)CSCc1ccccc1Cl. The number of ketones is 1. The average Bonchev–Trinajstić information content (AvgIpc) is 3.34. The van der Waals surface area contributed by atoms with Crippen LogP contribution < -0.4 is 10.6 Å². The van der Waals surface area contributed by atoms with Crippen LogP contribution in [0.1, 0.15) is 42.5 Å². The average molecular weight is 577 g/mol. The van der Waals surface area contributed by atoms with Crippen molar-refractivity contribution in [3.8, 4) is 5.75 Å². The highest BCUT2D eigenvalue weighted by atomic mass is 35.5. The zero-order valence-electron chi connectivity index (χ0n) is 20.0. The molecule has 1 heterocycles. The molecule has 9 nitrogen and oxygen atoms in total. The third kappa shape index (κ3) is 8.59. The maximum absolute atomic E-state index is 12.8. The molecular weight excluding hydrogens is 552 g/mol. The van der Waals surface area contributed by atoms with Gasteiger partial charge < -0.3 is 26.0 Å². The van der Waals surface area contributed by atoms with E-state index in [1.165, 1.54) is 35.2 Å². The van der Waals surface area contributed by atoms with Gasteiger partial charge in [0.05, 0.1) is 23.1 Å². The highest BCUT2D eigenvalue weighted by molar-refractivity contribution is 7.99. The second kappa shape index (κ2) is 14.0. The summed E-state index contributed by atoms with van der Waals surface area (Å²) in [5, 5.41) is 34.2. The summed E-state index contributed by atoms with van der Waals surface area (Å²) in [4.78, 5) is 49.1. The first-order chi connectivity index (χ1) is 18.1. The van der Waals surface area contributed by atoms with E-state index >= 15 is 0 Å². The molecule has 0 saturated heterocycles. The highest BCUT2D eigenvalue weighted by Crippen LogP contribution is 2.22. The summed E-state index contributed by atoms with van der Waals surface area (Å²) in [5.41, 5.74) is 1.34. The smallest absolute Gasteiger partial charge is 0.339 e. The summed E-state index contributed by atoms with van der Waals surface area (Å²) >= 11 is 8.61. The van der Waals surface area contributed by atoms with E-state index in [1.807, 2.05) is 12.1 Å². The van der Waals surface area contributed by atoms with Crippen molar-refractivity contribution >= 4 is 58.3 Å². The summed E-state index contributed by atoms with van der Waals surface area (Å²) in [6, 6.07) is 13.7. The van der Waals surface area contributed by atoms with Gasteiger partial charge in [0, 0.05) is 28.7 Å². The van der Waals surface area contributed by atoms with Gasteiger partial charge >= 0.3 is 11.9 Å². The zero-order chi connectivity index (χ0) is 27.7. The second-order valence-corrected chi connectivity index (χ2v) is 10.8. The lowest BCUT2D eigenvalue weighted by atomic mass is 10.1. The van der Waals surface area contributed by atoms with E-state index in [-0.39, 0.29) is 17.1 Å². The van der Waals surface area contributed by atoms with Crippen LogP contribution in [0.3, 0.4) is 0 Å². The van der Waals surface area contributed by atoms with Gasteiger partial charge in [0.25, 0.3) is 5.91 Å². The number of nitrogens with one attached hydrogen (secondary N) is 2. The first-order valence-electron chi connectivity index (χ1n) is 11.3. The van der Waals surface area contributed by atoms with Crippen LogP contribution in [0.25, 0.3) is 0 Å². The number of carbonyl (C=O) groups is 4. The fourth-order valence-electron chi connectivity index (χ4n) is 3.42. The normalized spacial score (nSPS) is 11.6. The predicted octanol–water partition coefficient (Wildman–Crippen LogP) is 4.17. The van der Waals surface area contributed by atoms with E-state index in [9.17, 15) is 29.4 Å². The molecule has 12 heteroatoms. The van der Waals surface area contributed by atoms with Crippen molar-refractivity contribution in [2.75, 3.05) is 5.75 Å². The van der Waals surface area contributed by atoms with E-state index in [0.29, 0.717) is 34.3 Å². The summed E-state index contributed by atoms with van der Waals surface area (Å²) in [5.74, 6) is -3.18. The van der Waals surface area contributed by atoms with Crippen molar-refractivity contribution in [1.82, 2.24) is 10.6 Å². The minimum Gasteiger partial charge on any atom is -0.507 e. The van der Waals surface area contributed by atoms with Crippen molar-refractivity contribution in [1.29, 1.82) is 0 Å². The van der Waals surface area contributed by atoms with E-state index < -0.39 is 36.1 Å². The number of halogens is 1. The molecule has 0 spiro atoms. The van der Waals surface area contributed by atoms with Gasteiger partial charge in [0.15, 0.2) is 5.78 Å². The molecule has 1 amide bonds. The third-order valence-electron chi connectivity index (χ3n) is 5.34. The van der Waals surface area contributed by atoms with Gasteiger partial charge in [-0.15, -0.1) is 23.1 Å². The minimum absolute atomic E-state index is 0.0178. The monoisotopic (exact) mass is 576 g/mol. The number of rotatable bonds is 14. The van der Waals surface area contributed by atoms with E-state index in [0.717, 1.165) is 10.4 Å². The minimum atomic E-state index is -1.22. The number of hydrogen-bond donors (Lipinski definition) is 5. The van der Waals surface area contributed by atoms with Crippen LogP contribution in [0.5, 0.6) is 5.75 Å².